The Morgan fingerprint density at radius 2 is 1.92 bits per heavy atom. The van der Waals surface area contributed by atoms with Crippen LogP contribution < -0.4 is 5.19 Å². The summed E-state index contributed by atoms with van der Waals surface area (Å²) < 4.78 is 0. The van der Waals surface area contributed by atoms with Gasteiger partial charge in [0.25, 0.3) is 7.42 Å². The first kappa shape index (κ1) is 11.1. The van der Waals surface area contributed by atoms with Crippen LogP contribution in [0, 0.1) is 0 Å². The van der Waals surface area contributed by atoms with Gasteiger partial charge >= 0.3 is 0 Å². The van der Waals surface area contributed by atoms with Crippen LogP contribution in [0.2, 0.25) is 0 Å². The smallest absolute Gasteiger partial charge is 0.144 e. The van der Waals surface area contributed by atoms with Crippen molar-refractivity contribution in [1.29, 1.82) is 0 Å². The van der Waals surface area contributed by atoms with Crippen molar-refractivity contribution in [1.82, 2.24) is 0 Å². The Morgan fingerprint density at radius 1 is 1.31 bits per heavy atom. The van der Waals surface area contributed by atoms with Crippen LogP contribution in [-0.4, -0.2) is 7.42 Å². The van der Waals surface area contributed by atoms with E-state index in [1.807, 2.05) is 6.07 Å². The van der Waals surface area contributed by atoms with Crippen LogP contribution in [0.1, 0.15) is 31.7 Å². The minimum absolute atomic E-state index is 0.559. The number of rotatable bonds is 3. The van der Waals surface area contributed by atoms with Crippen LogP contribution in [0.4, 0.5) is 0 Å². The Hall–Kier alpha value is 0.0169. The van der Waals surface area contributed by atoms with E-state index in [0.29, 0.717) is 5.92 Å². The maximum absolute atomic E-state index is 6.01. The van der Waals surface area contributed by atoms with Gasteiger partial charge in [-0.05, 0) is 23.1 Å². The van der Waals surface area contributed by atoms with E-state index in [2.05, 4.69) is 32.0 Å². The standard InChI is InChI=1S/C10H14Cl2Si/c1-3-8(2)9-6-4-5-7-10(9)13(11)12/h4-8,13H,3H2,1-2H3. The molecule has 0 fully saturated rings. The van der Waals surface area contributed by atoms with Gasteiger partial charge < -0.3 is 0 Å². The maximum Gasteiger partial charge on any atom is 0.266 e. The Labute approximate surface area is 90.9 Å². The zero-order valence-corrected chi connectivity index (χ0v) is 10.6. The van der Waals surface area contributed by atoms with Crippen molar-refractivity contribution in [2.24, 2.45) is 0 Å². The topological polar surface area (TPSA) is 0 Å². The zero-order valence-electron chi connectivity index (χ0n) is 7.93. The third-order valence-corrected chi connectivity index (χ3v) is 4.78. The molecule has 1 aromatic rings. The number of hydrogen-bond donors (Lipinski definition) is 0. The molecule has 0 heterocycles. The zero-order chi connectivity index (χ0) is 9.84. The van der Waals surface area contributed by atoms with E-state index in [4.69, 9.17) is 22.2 Å². The van der Waals surface area contributed by atoms with E-state index in [9.17, 15) is 0 Å². The molecule has 1 atom stereocenters. The van der Waals surface area contributed by atoms with Gasteiger partial charge in [-0.1, -0.05) is 38.1 Å². The monoisotopic (exact) mass is 232 g/mol. The quantitative estimate of drug-likeness (QED) is 0.556. The Kier molecular flexibility index (Phi) is 4.30. The molecule has 0 spiro atoms. The fourth-order valence-electron chi connectivity index (χ4n) is 1.38. The molecule has 13 heavy (non-hydrogen) atoms. The SMILES string of the molecule is CCC(C)c1ccccc1[SiH](Cl)Cl. The fraction of sp³-hybridized carbons (Fsp3) is 0.400. The van der Waals surface area contributed by atoms with Crippen LogP contribution in [0.3, 0.4) is 0 Å². The predicted molar refractivity (Wildman–Crippen MR) is 63.6 cm³/mol. The molecule has 0 aliphatic heterocycles. The van der Waals surface area contributed by atoms with Crippen LogP contribution in [0.5, 0.6) is 0 Å². The fourth-order valence-corrected chi connectivity index (χ4v) is 3.46. The summed E-state index contributed by atoms with van der Waals surface area (Å²) in [6.07, 6.45) is 1.13. The van der Waals surface area contributed by atoms with Crippen LogP contribution >= 0.6 is 22.2 Å². The normalized spacial score (nSPS) is 13.3. The summed E-state index contributed by atoms with van der Waals surface area (Å²) >= 11 is 12.0. The number of halogens is 2. The van der Waals surface area contributed by atoms with Gasteiger partial charge in [-0.25, -0.2) is 0 Å². The number of hydrogen-bond acceptors (Lipinski definition) is 0. The average molecular weight is 233 g/mol. The van der Waals surface area contributed by atoms with E-state index in [1.165, 1.54) is 10.8 Å². The number of benzene rings is 1. The van der Waals surface area contributed by atoms with E-state index < -0.39 is 7.42 Å². The second kappa shape index (κ2) is 5.04. The van der Waals surface area contributed by atoms with Gasteiger partial charge in [0, 0.05) is 0 Å². The first-order chi connectivity index (χ1) is 6.16. The van der Waals surface area contributed by atoms with Crippen molar-refractivity contribution in [3.05, 3.63) is 29.8 Å². The third kappa shape index (κ3) is 2.73. The molecule has 0 amide bonds. The molecule has 0 bridgehead atoms. The van der Waals surface area contributed by atoms with Crippen molar-refractivity contribution in [2.75, 3.05) is 0 Å². The Balaban J connectivity index is 3.04. The van der Waals surface area contributed by atoms with Crippen LogP contribution in [0.25, 0.3) is 0 Å². The molecule has 0 saturated heterocycles. The molecule has 0 N–H and O–H groups in total. The van der Waals surface area contributed by atoms with Gasteiger partial charge in [0.1, 0.15) is 0 Å². The van der Waals surface area contributed by atoms with E-state index in [-0.39, 0.29) is 0 Å². The summed E-state index contributed by atoms with van der Waals surface area (Å²) in [5.41, 5.74) is 1.33. The molecule has 1 unspecified atom stereocenters. The molecule has 1 rings (SSSR count). The van der Waals surface area contributed by atoms with Crippen molar-refractivity contribution < 1.29 is 0 Å². The van der Waals surface area contributed by atoms with Crippen molar-refractivity contribution in [3.8, 4) is 0 Å². The molecular weight excluding hydrogens is 219 g/mol. The highest BCUT2D eigenvalue weighted by Crippen LogP contribution is 2.18. The average Bonchev–Trinajstić information content (AvgIpc) is 2.16. The summed E-state index contributed by atoms with van der Waals surface area (Å²) in [7, 11) is -1.69. The second-order valence-electron chi connectivity index (χ2n) is 3.24. The Morgan fingerprint density at radius 3 is 2.46 bits per heavy atom. The summed E-state index contributed by atoms with van der Waals surface area (Å²) in [5, 5.41) is 1.18. The molecule has 0 radical (unpaired) electrons. The molecular formula is C10H14Cl2Si. The van der Waals surface area contributed by atoms with Crippen molar-refractivity contribution >= 4 is 34.8 Å². The van der Waals surface area contributed by atoms with Gasteiger partial charge in [-0.2, -0.15) is 0 Å². The van der Waals surface area contributed by atoms with Gasteiger partial charge in [0.05, 0.1) is 0 Å². The molecule has 0 aliphatic rings. The highest BCUT2D eigenvalue weighted by Gasteiger charge is 2.14. The maximum atomic E-state index is 6.01. The largest absolute Gasteiger partial charge is 0.266 e. The highest BCUT2D eigenvalue weighted by molar-refractivity contribution is 7.39. The predicted octanol–water partition coefficient (Wildman–Crippen LogP) is 3.11. The molecule has 0 aliphatic carbocycles. The van der Waals surface area contributed by atoms with Crippen LogP contribution in [-0.2, 0) is 0 Å². The second-order valence-corrected chi connectivity index (χ2v) is 7.75. The van der Waals surface area contributed by atoms with Crippen molar-refractivity contribution in [3.63, 3.8) is 0 Å². The molecule has 0 aromatic heterocycles. The molecule has 72 valence electrons. The van der Waals surface area contributed by atoms with Gasteiger partial charge in [-0.15, -0.1) is 22.2 Å². The molecule has 1 aromatic carbocycles. The lowest BCUT2D eigenvalue weighted by atomic mass is 9.99. The molecule has 0 nitrogen and oxygen atoms in total. The van der Waals surface area contributed by atoms with E-state index in [1.54, 1.807) is 0 Å². The molecule has 3 heteroatoms. The van der Waals surface area contributed by atoms with E-state index in [0.717, 1.165) is 6.42 Å². The summed E-state index contributed by atoms with van der Waals surface area (Å²) in [6.45, 7) is 4.39. The van der Waals surface area contributed by atoms with E-state index >= 15 is 0 Å². The minimum Gasteiger partial charge on any atom is -0.144 e. The summed E-state index contributed by atoms with van der Waals surface area (Å²) in [5.74, 6) is 0.559. The summed E-state index contributed by atoms with van der Waals surface area (Å²) in [6, 6.07) is 8.24. The first-order valence-electron chi connectivity index (χ1n) is 4.53. The Bertz CT molecular complexity index is 273. The lowest BCUT2D eigenvalue weighted by Gasteiger charge is -2.14. The van der Waals surface area contributed by atoms with Gasteiger partial charge in [0.15, 0.2) is 0 Å². The lowest BCUT2D eigenvalue weighted by Crippen LogP contribution is -2.23. The highest BCUT2D eigenvalue weighted by atomic mass is 35.7. The van der Waals surface area contributed by atoms with Gasteiger partial charge in [-0.3, -0.25) is 0 Å². The summed E-state index contributed by atoms with van der Waals surface area (Å²) in [4.78, 5) is 0. The van der Waals surface area contributed by atoms with Crippen LogP contribution in [0.15, 0.2) is 24.3 Å². The lowest BCUT2D eigenvalue weighted by molar-refractivity contribution is 0.738. The minimum atomic E-state index is -1.69. The van der Waals surface area contributed by atoms with Gasteiger partial charge in [0.2, 0.25) is 0 Å². The molecule has 0 saturated carbocycles. The first-order valence-corrected chi connectivity index (χ1v) is 8.60. The van der Waals surface area contributed by atoms with Crippen molar-refractivity contribution in [2.45, 2.75) is 26.2 Å². The third-order valence-electron chi connectivity index (χ3n) is 2.37.